The Labute approximate surface area is 96.6 Å². The summed E-state index contributed by atoms with van der Waals surface area (Å²) in [6.07, 6.45) is 0. The predicted molar refractivity (Wildman–Crippen MR) is 60.2 cm³/mol. The molecule has 1 rings (SSSR count). The Balaban J connectivity index is 2.85. The lowest BCUT2D eigenvalue weighted by atomic mass is 10.1. The first kappa shape index (κ1) is 11.9. The summed E-state index contributed by atoms with van der Waals surface area (Å²) in [5.41, 5.74) is 1.56. The third-order valence-electron chi connectivity index (χ3n) is 1.97. The van der Waals surface area contributed by atoms with Crippen LogP contribution >= 0.6 is 15.9 Å². The van der Waals surface area contributed by atoms with Crippen LogP contribution in [0.25, 0.3) is 0 Å². The van der Waals surface area contributed by atoms with Crippen LogP contribution < -0.4 is 0 Å². The third-order valence-corrected chi connectivity index (χ3v) is 2.76. The summed E-state index contributed by atoms with van der Waals surface area (Å²) < 4.78 is 4.47. The number of Topliss-reactive ketones (excluding diaryl/α,β-unsaturated/α-hetero) is 1. The molecule has 0 fully saturated rings. The fourth-order valence-corrected chi connectivity index (χ4v) is 1.53. The predicted octanol–water partition coefficient (Wildman–Crippen LogP) is 2.11. The number of aryl methyl sites for hydroxylation is 1. The van der Waals surface area contributed by atoms with Crippen molar-refractivity contribution < 1.29 is 14.3 Å². The fraction of sp³-hybridized carbons (Fsp3) is 0.273. The first-order valence-electron chi connectivity index (χ1n) is 4.39. The highest BCUT2D eigenvalue weighted by Gasteiger charge is 2.25. The molecular formula is C11H11BrO3. The number of carbonyl (C=O) groups is 2. The highest BCUT2D eigenvalue weighted by atomic mass is 79.9. The van der Waals surface area contributed by atoms with Gasteiger partial charge in [0, 0.05) is 5.56 Å². The lowest BCUT2D eigenvalue weighted by Gasteiger charge is -2.06. The molecule has 15 heavy (non-hydrogen) atoms. The monoisotopic (exact) mass is 270 g/mol. The average Bonchev–Trinajstić information content (AvgIpc) is 2.27. The van der Waals surface area contributed by atoms with Gasteiger partial charge in [0.05, 0.1) is 7.11 Å². The molecule has 0 aliphatic heterocycles. The van der Waals surface area contributed by atoms with E-state index < -0.39 is 10.8 Å². The van der Waals surface area contributed by atoms with Crippen LogP contribution in [-0.2, 0) is 9.53 Å². The van der Waals surface area contributed by atoms with Gasteiger partial charge in [-0.15, -0.1) is 0 Å². The Kier molecular flexibility index (Phi) is 4.03. The highest BCUT2D eigenvalue weighted by molar-refractivity contribution is 9.10. The molecule has 1 aromatic rings. The number of methoxy groups -OCH3 is 1. The number of esters is 1. The standard InChI is InChI=1S/C11H11BrO3/c1-7-3-5-8(6-4-7)10(13)9(12)11(14)15-2/h3-6,9H,1-2H3/t9-/m0/s1. The molecule has 0 radical (unpaired) electrons. The van der Waals surface area contributed by atoms with E-state index in [-0.39, 0.29) is 5.78 Å². The van der Waals surface area contributed by atoms with E-state index >= 15 is 0 Å². The van der Waals surface area contributed by atoms with Gasteiger partial charge in [-0.25, -0.2) is 0 Å². The molecule has 0 saturated heterocycles. The number of carbonyl (C=O) groups excluding carboxylic acids is 2. The molecule has 0 bridgehead atoms. The molecule has 1 atom stereocenters. The molecule has 1 aromatic carbocycles. The smallest absolute Gasteiger partial charge is 0.327 e. The van der Waals surface area contributed by atoms with Gasteiger partial charge >= 0.3 is 5.97 Å². The summed E-state index contributed by atoms with van der Waals surface area (Å²) in [6.45, 7) is 1.93. The maximum atomic E-state index is 11.7. The van der Waals surface area contributed by atoms with E-state index in [1.807, 2.05) is 19.1 Å². The van der Waals surface area contributed by atoms with Crippen LogP contribution in [0.1, 0.15) is 15.9 Å². The van der Waals surface area contributed by atoms with Crippen LogP contribution in [0.2, 0.25) is 0 Å². The van der Waals surface area contributed by atoms with Crippen LogP contribution in [-0.4, -0.2) is 23.7 Å². The molecule has 0 N–H and O–H groups in total. The number of halogens is 1. The first-order valence-corrected chi connectivity index (χ1v) is 5.30. The summed E-state index contributed by atoms with van der Waals surface area (Å²) in [7, 11) is 1.25. The first-order chi connectivity index (χ1) is 7.06. The van der Waals surface area contributed by atoms with Crippen LogP contribution in [0.15, 0.2) is 24.3 Å². The number of hydrogen-bond acceptors (Lipinski definition) is 3. The van der Waals surface area contributed by atoms with Crippen LogP contribution in [0.4, 0.5) is 0 Å². The summed E-state index contributed by atoms with van der Waals surface area (Å²) in [5, 5.41) is 0. The van der Waals surface area contributed by atoms with E-state index in [1.54, 1.807) is 12.1 Å². The second-order valence-corrected chi connectivity index (χ2v) is 4.03. The Morgan fingerprint density at radius 1 is 1.27 bits per heavy atom. The summed E-state index contributed by atoms with van der Waals surface area (Å²) in [4.78, 5) is 21.9. The van der Waals surface area contributed by atoms with E-state index in [9.17, 15) is 9.59 Å². The zero-order valence-electron chi connectivity index (χ0n) is 8.49. The van der Waals surface area contributed by atoms with Crippen LogP contribution in [0.3, 0.4) is 0 Å². The van der Waals surface area contributed by atoms with Crippen molar-refractivity contribution in [2.24, 2.45) is 0 Å². The van der Waals surface area contributed by atoms with Gasteiger partial charge in [-0.3, -0.25) is 9.59 Å². The van der Waals surface area contributed by atoms with Gasteiger partial charge in [0.15, 0.2) is 10.6 Å². The van der Waals surface area contributed by atoms with E-state index in [0.29, 0.717) is 5.56 Å². The highest BCUT2D eigenvalue weighted by Crippen LogP contribution is 2.12. The number of hydrogen-bond donors (Lipinski definition) is 0. The van der Waals surface area contributed by atoms with Gasteiger partial charge in [0.25, 0.3) is 0 Å². The van der Waals surface area contributed by atoms with Gasteiger partial charge < -0.3 is 4.74 Å². The van der Waals surface area contributed by atoms with Crippen LogP contribution in [0.5, 0.6) is 0 Å². The van der Waals surface area contributed by atoms with Crippen molar-refractivity contribution in [3.8, 4) is 0 Å². The van der Waals surface area contributed by atoms with Gasteiger partial charge in [-0.05, 0) is 6.92 Å². The van der Waals surface area contributed by atoms with E-state index in [1.165, 1.54) is 7.11 Å². The van der Waals surface area contributed by atoms with Crippen LogP contribution in [0, 0.1) is 6.92 Å². The zero-order valence-corrected chi connectivity index (χ0v) is 10.1. The third kappa shape index (κ3) is 2.89. The average molecular weight is 271 g/mol. The maximum absolute atomic E-state index is 11.7. The van der Waals surface area contributed by atoms with Crippen molar-refractivity contribution in [3.05, 3.63) is 35.4 Å². The Morgan fingerprint density at radius 2 is 1.80 bits per heavy atom. The Hall–Kier alpha value is -1.16. The molecule has 0 aliphatic rings. The van der Waals surface area contributed by atoms with E-state index in [4.69, 9.17) is 0 Å². The van der Waals surface area contributed by atoms with Crippen molar-refractivity contribution >= 4 is 27.7 Å². The van der Waals surface area contributed by atoms with Gasteiger partial charge in [0.2, 0.25) is 0 Å². The number of ether oxygens (including phenoxy) is 1. The minimum absolute atomic E-state index is 0.290. The van der Waals surface area contributed by atoms with E-state index in [0.717, 1.165) is 5.56 Å². The van der Waals surface area contributed by atoms with Gasteiger partial charge in [-0.1, -0.05) is 45.8 Å². The quantitative estimate of drug-likeness (QED) is 0.366. The van der Waals surface area contributed by atoms with Crippen molar-refractivity contribution in [2.75, 3.05) is 7.11 Å². The number of ketones is 1. The number of alkyl halides is 1. The second-order valence-electron chi connectivity index (χ2n) is 3.12. The maximum Gasteiger partial charge on any atom is 0.327 e. The number of benzene rings is 1. The normalized spacial score (nSPS) is 11.9. The molecule has 3 nitrogen and oxygen atoms in total. The minimum Gasteiger partial charge on any atom is -0.468 e. The largest absolute Gasteiger partial charge is 0.468 e. The Bertz CT molecular complexity index is 370. The molecule has 0 amide bonds. The lowest BCUT2D eigenvalue weighted by Crippen LogP contribution is -2.25. The molecule has 0 spiro atoms. The molecule has 0 unspecified atom stereocenters. The zero-order chi connectivity index (χ0) is 11.4. The lowest BCUT2D eigenvalue weighted by molar-refractivity contribution is -0.138. The SMILES string of the molecule is COC(=O)[C@@H](Br)C(=O)c1ccc(C)cc1. The van der Waals surface area contributed by atoms with Crippen molar-refractivity contribution in [1.82, 2.24) is 0 Å². The second kappa shape index (κ2) is 5.07. The van der Waals surface area contributed by atoms with Crippen molar-refractivity contribution in [1.29, 1.82) is 0 Å². The molecule has 0 heterocycles. The Morgan fingerprint density at radius 3 is 2.27 bits per heavy atom. The fourth-order valence-electron chi connectivity index (χ4n) is 1.07. The number of rotatable bonds is 3. The summed E-state index contributed by atoms with van der Waals surface area (Å²) in [6, 6.07) is 7.03. The molecular weight excluding hydrogens is 260 g/mol. The van der Waals surface area contributed by atoms with Gasteiger partial charge in [-0.2, -0.15) is 0 Å². The van der Waals surface area contributed by atoms with Crippen molar-refractivity contribution in [3.63, 3.8) is 0 Å². The molecule has 4 heteroatoms. The van der Waals surface area contributed by atoms with Gasteiger partial charge in [0.1, 0.15) is 0 Å². The minimum atomic E-state index is -0.926. The molecule has 0 aliphatic carbocycles. The van der Waals surface area contributed by atoms with Crippen molar-refractivity contribution in [2.45, 2.75) is 11.8 Å². The van der Waals surface area contributed by atoms with E-state index in [2.05, 4.69) is 20.7 Å². The molecule has 80 valence electrons. The summed E-state index contributed by atoms with van der Waals surface area (Å²) in [5.74, 6) is -0.873. The molecule has 0 saturated carbocycles. The summed E-state index contributed by atoms with van der Waals surface area (Å²) >= 11 is 3.00. The molecule has 0 aromatic heterocycles. The topological polar surface area (TPSA) is 43.4 Å².